The van der Waals surface area contributed by atoms with Crippen molar-refractivity contribution in [2.75, 3.05) is 18.0 Å². The van der Waals surface area contributed by atoms with Gasteiger partial charge in [0.2, 0.25) is 0 Å². The summed E-state index contributed by atoms with van der Waals surface area (Å²) >= 11 is 0. The number of anilines is 1. The molecule has 2 aromatic carbocycles. The van der Waals surface area contributed by atoms with Gasteiger partial charge in [0.05, 0.1) is 16.1 Å². The normalized spacial score (nSPS) is 15.3. The van der Waals surface area contributed by atoms with E-state index in [1.807, 2.05) is 6.07 Å². The van der Waals surface area contributed by atoms with Crippen LogP contribution < -0.4 is 9.62 Å². The maximum atomic E-state index is 12.8. The minimum atomic E-state index is -3.77. The van der Waals surface area contributed by atoms with Crippen LogP contribution in [0.25, 0.3) is 0 Å². The Balaban J connectivity index is 1.55. The number of carbonyl (C=O) groups excluding carboxylic acids is 2. The van der Waals surface area contributed by atoms with Crippen LogP contribution in [0.5, 0.6) is 0 Å². The molecule has 8 heteroatoms. The molecule has 3 rings (SSSR count). The number of amides is 1. The number of ether oxygens (including phenoxy) is 1. The van der Waals surface area contributed by atoms with Gasteiger partial charge in [0.15, 0.2) is 6.61 Å². The first-order valence-electron chi connectivity index (χ1n) is 11.0. The van der Waals surface area contributed by atoms with Crippen molar-refractivity contribution in [2.45, 2.75) is 55.9 Å². The molecule has 172 valence electrons. The van der Waals surface area contributed by atoms with Crippen molar-refractivity contribution >= 4 is 27.6 Å². The molecule has 0 spiro atoms. The molecule has 1 fully saturated rings. The summed E-state index contributed by atoms with van der Waals surface area (Å²) in [7, 11) is -2.29. The molecule has 1 amide bonds. The highest BCUT2D eigenvalue weighted by Gasteiger charge is 2.22. The molecule has 1 aliphatic rings. The first-order chi connectivity index (χ1) is 15.4. The Morgan fingerprint density at radius 1 is 0.938 bits per heavy atom. The molecule has 7 nitrogen and oxygen atoms in total. The van der Waals surface area contributed by atoms with E-state index in [-0.39, 0.29) is 29.0 Å². The summed E-state index contributed by atoms with van der Waals surface area (Å²) in [5, 5.41) is 2.95. The second kappa shape index (κ2) is 11.1. The average molecular weight is 459 g/mol. The van der Waals surface area contributed by atoms with E-state index in [0.717, 1.165) is 25.7 Å². The zero-order valence-corrected chi connectivity index (χ0v) is 19.1. The third kappa shape index (κ3) is 6.32. The molecule has 0 saturated heterocycles. The van der Waals surface area contributed by atoms with Gasteiger partial charge < -0.3 is 10.1 Å². The Bertz CT molecular complexity index is 998. The Hall–Kier alpha value is -2.87. The molecule has 2 aromatic rings. The lowest BCUT2D eigenvalue weighted by molar-refractivity contribution is -0.125. The minimum Gasteiger partial charge on any atom is -0.452 e. The number of para-hydroxylation sites is 1. The Labute approximate surface area is 189 Å². The zero-order valence-electron chi connectivity index (χ0n) is 18.3. The number of esters is 1. The van der Waals surface area contributed by atoms with E-state index in [2.05, 4.69) is 5.32 Å². The average Bonchev–Trinajstić information content (AvgIpc) is 2.79. The highest BCUT2D eigenvalue weighted by Crippen LogP contribution is 2.22. The summed E-state index contributed by atoms with van der Waals surface area (Å²) < 4.78 is 31.9. The predicted molar refractivity (Wildman–Crippen MR) is 123 cm³/mol. The Kier molecular flexibility index (Phi) is 8.27. The fourth-order valence-electron chi connectivity index (χ4n) is 3.78. The SMILES string of the molecule is CN(c1ccccc1)S(=O)(=O)c1ccc(C(=O)OCC(=O)NC2CCCCCCC2)cc1. The standard InChI is InChI=1S/C24H30N2O5S/c1-26(21-12-8-5-9-13-21)32(29,30)22-16-14-19(15-17-22)24(28)31-18-23(27)25-20-10-6-3-2-4-7-11-20/h5,8-9,12-17,20H,2-4,6-7,10-11,18H2,1H3,(H,25,27). The Morgan fingerprint density at radius 3 is 2.16 bits per heavy atom. The summed E-state index contributed by atoms with van der Waals surface area (Å²) in [4.78, 5) is 24.5. The lowest BCUT2D eigenvalue weighted by Crippen LogP contribution is -2.38. The lowest BCUT2D eigenvalue weighted by atomic mass is 9.97. The predicted octanol–water partition coefficient (Wildman–Crippen LogP) is 3.90. The first-order valence-corrected chi connectivity index (χ1v) is 12.4. The zero-order chi connectivity index (χ0) is 23.0. The Morgan fingerprint density at radius 2 is 1.53 bits per heavy atom. The molecule has 1 saturated carbocycles. The van der Waals surface area contributed by atoms with Gasteiger partial charge in [-0.1, -0.05) is 50.3 Å². The summed E-state index contributed by atoms with van der Waals surface area (Å²) in [5.41, 5.74) is 0.719. The molecular formula is C24H30N2O5S. The van der Waals surface area contributed by atoms with Crippen LogP contribution in [0.2, 0.25) is 0 Å². The minimum absolute atomic E-state index is 0.0578. The summed E-state index contributed by atoms with van der Waals surface area (Å²) in [5.74, 6) is -0.981. The largest absolute Gasteiger partial charge is 0.452 e. The van der Waals surface area contributed by atoms with Crippen molar-refractivity contribution in [3.05, 3.63) is 60.2 Å². The van der Waals surface area contributed by atoms with Crippen LogP contribution in [0.1, 0.15) is 55.3 Å². The van der Waals surface area contributed by atoms with E-state index in [4.69, 9.17) is 4.74 Å². The number of nitrogens with zero attached hydrogens (tertiary/aromatic N) is 1. The molecule has 0 aliphatic heterocycles. The van der Waals surface area contributed by atoms with Gasteiger partial charge in [-0.15, -0.1) is 0 Å². The molecule has 0 heterocycles. The van der Waals surface area contributed by atoms with Gasteiger partial charge in [0, 0.05) is 13.1 Å². The van der Waals surface area contributed by atoms with Gasteiger partial charge in [-0.05, 0) is 49.2 Å². The summed E-state index contributed by atoms with van der Waals surface area (Å²) in [6.45, 7) is -0.355. The van der Waals surface area contributed by atoms with Gasteiger partial charge in [-0.3, -0.25) is 9.10 Å². The second-order valence-corrected chi connectivity index (χ2v) is 9.99. The molecule has 0 unspecified atom stereocenters. The van der Waals surface area contributed by atoms with Crippen LogP contribution in [0, 0.1) is 0 Å². The van der Waals surface area contributed by atoms with Crippen molar-refractivity contribution in [1.29, 1.82) is 0 Å². The topological polar surface area (TPSA) is 92.8 Å². The van der Waals surface area contributed by atoms with Gasteiger partial charge >= 0.3 is 5.97 Å². The molecule has 0 bridgehead atoms. The molecular weight excluding hydrogens is 428 g/mol. The molecule has 0 atom stereocenters. The van der Waals surface area contributed by atoms with Crippen molar-refractivity contribution in [2.24, 2.45) is 0 Å². The first kappa shape index (κ1) is 23.8. The van der Waals surface area contributed by atoms with Crippen LogP contribution in [0.3, 0.4) is 0 Å². The van der Waals surface area contributed by atoms with Crippen LogP contribution in [-0.2, 0) is 19.6 Å². The quantitative estimate of drug-likeness (QED) is 0.636. The number of benzene rings is 2. The van der Waals surface area contributed by atoms with Crippen LogP contribution in [0.4, 0.5) is 5.69 Å². The van der Waals surface area contributed by atoms with Gasteiger partial charge in [-0.2, -0.15) is 0 Å². The van der Waals surface area contributed by atoms with E-state index in [1.54, 1.807) is 24.3 Å². The number of sulfonamides is 1. The van der Waals surface area contributed by atoms with Crippen molar-refractivity contribution in [3.63, 3.8) is 0 Å². The molecule has 1 N–H and O–H groups in total. The number of hydrogen-bond acceptors (Lipinski definition) is 5. The van der Waals surface area contributed by atoms with Crippen LogP contribution in [0.15, 0.2) is 59.5 Å². The van der Waals surface area contributed by atoms with E-state index in [0.29, 0.717) is 5.69 Å². The van der Waals surface area contributed by atoms with Crippen molar-refractivity contribution in [1.82, 2.24) is 5.32 Å². The highest BCUT2D eigenvalue weighted by molar-refractivity contribution is 7.92. The monoisotopic (exact) mass is 458 g/mol. The van der Waals surface area contributed by atoms with Crippen molar-refractivity contribution in [3.8, 4) is 0 Å². The van der Waals surface area contributed by atoms with E-state index >= 15 is 0 Å². The van der Waals surface area contributed by atoms with Gasteiger partial charge in [-0.25, -0.2) is 13.2 Å². The highest BCUT2D eigenvalue weighted by atomic mass is 32.2. The number of nitrogens with one attached hydrogen (secondary N) is 1. The van der Waals surface area contributed by atoms with Crippen molar-refractivity contribution < 1.29 is 22.7 Å². The lowest BCUT2D eigenvalue weighted by Gasteiger charge is -2.21. The fraction of sp³-hybridized carbons (Fsp3) is 0.417. The smallest absolute Gasteiger partial charge is 0.338 e. The maximum absolute atomic E-state index is 12.8. The van der Waals surface area contributed by atoms with Gasteiger partial charge in [0.25, 0.3) is 15.9 Å². The third-order valence-electron chi connectivity index (χ3n) is 5.67. The van der Waals surface area contributed by atoms with Gasteiger partial charge in [0.1, 0.15) is 0 Å². The number of rotatable bonds is 7. The van der Waals surface area contributed by atoms with Crippen LogP contribution in [-0.4, -0.2) is 40.0 Å². The summed E-state index contributed by atoms with van der Waals surface area (Å²) in [6.07, 6.45) is 7.72. The molecule has 0 aromatic heterocycles. The molecule has 1 aliphatic carbocycles. The van der Waals surface area contributed by atoms with E-state index in [9.17, 15) is 18.0 Å². The van der Waals surface area contributed by atoms with E-state index in [1.165, 1.54) is 54.9 Å². The second-order valence-electron chi connectivity index (χ2n) is 8.02. The molecule has 32 heavy (non-hydrogen) atoms. The molecule has 0 radical (unpaired) electrons. The number of hydrogen-bond donors (Lipinski definition) is 1. The summed E-state index contributed by atoms with van der Waals surface area (Å²) in [6, 6.07) is 14.4. The maximum Gasteiger partial charge on any atom is 0.338 e. The number of carbonyl (C=O) groups is 2. The van der Waals surface area contributed by atoms with E-state index < -0.39 is 16.0 Å². The fourth-order valence-corrected chi connectivity index (χ4v) is 4.98. The van der Waals surface area contributed by atoms with Crippen LogP contribution >= 0.6 is 0 Å². The third-order valence-corrected chi connectivity index (χ3v) is 7.47.